The van der Waals surface area contributed by atoms with Crippen molar-refractivity contribution in [3.8, 4) is 17.0 Å². The molecule has 2 N–H and O–H groups in total. The number of hydrogen-bond donors (Lipinski definition) is 2. The van der Waals surface area contributed by atoms with Crippen LogP contribution in [0.15, 0.2) is 54.6 Å². The molecule has 34 heavy (non-hydrogen) atoms. The maximum atomic E-state index is 12.6. The van der Waals surface area contributed by atoms with Gasteiger partial charge >= 0.3 is 6.36 Å². The van der Waals surface area contributed by atoms with Crippen LogP contribution in [0.4, 0.5) is 30.6 Å². The molecular weight excluding hydrogens is 453 g/mol. The van der Waals surface area contributed by atoms with Gasteiger partial charge in [-0.1, -0.05) is 30.3 Å². The summed E-state index contributed by atoms with van der Waals surface area (Å²) >= 11 is 0. The first-order chi connectivity index (χ1) is 16.1. The minimum atomic E-state index is -4.82. The number of rotatable bonds is 10. The average Bonchev–Trinajstić information content (AvgIpc) is 2.76. The Morgan fingerprint density at radius 1 is 1.06 bits per heavy atom. The zero-order valence-corrected chi connectivity index (χ0v) is 18.5. The second kappa shape index (κ2) is 10.8. The monoisotopic (exact) mass is 476 g/mol. The minimum absolute atomic E-state index is 0.0365. The molecule has 0 fully saturated rings. The molecule has 1 aromatic heterocycles. The molecule has 12 heteroatoms. The second-order valence-electron chi connectivity index (χ2n) is 7.51. The summed E-state index contributed by atoms with van der Waals surface area (Å²) in [4.78, 5) is 21.6. The Hall–Kier alpha value is -3.93. The molecule has 0 unspecified atom stereocenters. The van der Waals surface area contributed by atoms with Crippen molar-refractivity contribution >= 4 is 17.5 Å². The maximum Gasteiger partial charge on any atom is 0.573 e. The maximum absolute atomic E-state index is 12.6. The summed E-state index contributed by atoms with van der Waals surface area (Å²) in [5.41, 5.74) is 1.15. The molecule has 0 aliphatic heterocycles. The summed E-state index contributed by atoms with van der Waals surface area (Å²) in [6.45, 7) is 1.33. The molecule has 0 aliphatic carbocycles. The van der Waals surface area contributed by atoms with Gasteiger partial charge in [0, 0.05) is 42.9 Å². The van der Waals surface area contributed by atoms with E-state index in [0.29, 0.717) is 35.7 Å². The van der Waals surface area contributed by atoms with Gasteiger partial charge in [-0.3, -0.25) is 10.1 Å². The first-order valence-electron chi connectivity index (χ1n) is 10.2. The zero-order chi connectivity index (χ0) is 24.7. The molecular formula is C22H23F3N6O3. The van der Waals surface area contributed by atoms with Crippen LogP contribution in [0.2, 0.25) is 0 Å². The Bertz CT molecular complexity index is 1140. The molecule has 0 aliphatic rings. The predicted octanol–water partition coefficient (Wildman–Crippen LogP) is 4.54. The standard InChI is InChI=1S/C22H23F3N6O3/c1-30(2)11-10-26-21-28-18(15-7-5-8-17(12-15)34-22(23,24)25)13-20(29-21)27-14-16-6-3-4-9-19(16)31(32)33/h3-9,12-13H,10-11,14H2,1-2H3,(H2,26,27,28,29). The number of nitro benzene ring substituents is 1. The van der Waals surface area contributed by atoms with E-state index in [0.717, 1.165) is 0 Å². The molecule has 0 bridgehead atoms. The third kappa shape index (κ3) is 7.30. The molecule has 2 aromatic carbocycles. The number of nitro groups is 1. The van der Waals surface area contributed by atoms with Crippen molar-refractivity contribution in [2.75, 3.05) is 37.8 Å². The Labute approximate surface area is 193 Å². The Morgan fingerprint density at radius 3 is 2.53 bits per heavy atom. The number of para-hydroxylation sites is 1. The van der Waals surface area contributed by atoms with Crippen molar-refractivity contribution < 1.29 is 22.8 Å². The van der Waals surface area contributed by atoms with Crippen molar-refractivity contribution in [1.82, 2.24) is 14.9 Å². The van der Waals surface area contributed by atoms with Gasteiger partial charge in [-0.15, -0.1) is 13.2 Å². The number of anilines is 2. The highest BCUT2D eigenvalue weighted by atomic mass is 19.4. The Kier molecular flexibility index (Phi) is 7.84. The van der Waals surface area contributed by atoms with Gasteiger partial charge in [0.1, 0.15) is 11.6 Å². The van der Waals surface area contributed by atoms with Crippen LogP contribution in [0, 0.1) is 10.1 Å². The van der Waals surface area contributed by atoms with Gasteiger partial charge in [-0.05, 0) is 26.2 Å². The van der Waals surface area contributed by atoms with E-state index in [1.54, 1.807) is 30.3 Å². The number of nitrogens with zero attached hydrogens (tertiary/aromatic N) is 4. The molecule has 0 atom stereocenters. The highest BCUT2D eigenvalue weighted by Crippen LogP contribution is 2.29. The first-order valence-corrected chi connectivity index (χ1v) is 10.2. The molecule has 0 saturated heterocycles. The Morgan fingerprint density at radius 2 is 1.82 bits per heavy atom. The van der Waals surface area contributed by atoms with Gasteiger partial charge in [-0.25, -0.2) is 4.98 Å². The lowest BCUT2D eigenvalue weighted by molar-refractivity contribution is -0.385. The summed E-state index contributed by atoms with van der Waals surface area (Å²) in [7, 11) is 3.82. The molecule has 1 heterocycles. The average molecular weight is 476 g/mol. The lowest BCUT2D eigenvalue weighted by Gasteiger charge is -2.14. The number of hydrogen-bond acceptors (Lipinski definition) is 8. The summed E-state index contributed by atoms with van der Waals surface area (Å²) in [5, 5.41) is 17.4. The topological polar surface area (TPSA) is 105 Å². The number of benzene rings is 2. The van der Waals surface area contributed by atoms with Crippen molar-refractivity contribution in [3.63, 3.8) is 0 Å². The van der Waals surface area contributed by atoms with Gasteiger partial charge in [0.25, 0.3) is 5.69 Å². The quantitative estimate of drug-likeness (QED) is 0.325. The van der Waals surface area contributed by atoms with E-state index in [2.05, 4.69) is 25.3 Å². The largest absolute Gasteiger partial charge is 0.573 e. The van der Waals surface area contributed by atoms with Crippen molar-refractivity contribution in [2.24, 2.45) is 0 Å². The minimum Gasteiger partial charge on any atom is -0.406 e. The molecule has 0 radical (unpaired) electrons. The second-order valence-corrected chi connectivity index (χ2v) is 7.51. The Balaban J connectivity index is 1.90. The fraction of sp³-hybridized carbons (Fsp3) is 0.273. The molecule has 0 spiro atoms. The summed E-state index contributed by atoms with van der Waals surface area (Å²) < 4.78 is 41.9. The van der Waals surface area contributed by atoms with Gasteiger partial charge in [0.2, 0.25) is 5.95 Å². The van der Waals surface area contributed by atoms with E-state index >= 15 is 0 Å². The zero-order valence-electron chi connectivity index (χ0n) is 18.5. The van der Waals surface area contributed by atoms with Crippen LogP contribution in [-0.2, 0) is 6.54 Å². The normalized spacial score (nSPS) is 11.4. The predicted molar refractivity (Wildman–Crippen MR) is 122 cm³/mol. The number of likely N-dealkylation sites (N-methyl/N-ethyl adjacent to an activating group) is 1. The number of ether oxygens (including phenoxy) is 1. The summed E-state index contributed by atoms with van der Waals surface area (Å²) in [6.07, 6.45) is -4.82. The van der Waals surface area contributed by atoms with Crippen molar-refractivity contribution in [3.05, 3.63) is 70.3 Å². The van der Waals surface area contributed by atoms with E-state index in [1.807, 2.05) is 19.0 Å². The van der Waals surface area contributed by atoms with Gasteiger partial charge < -0.3 is 20.3 Å². The smallest absolute Gasteiger partial charge is 0.406 e. The van der Waals surface area contributed by atoms with Crippen LogP contribution in [-0.4, -0.2) is 53.3 Å². The van der Waals surface area contributed by atoms with Gasteiger partial charge in [0.15, 0.2) is 0 Å². The van der Waals surface area contributed by atoms with E-state index < -0.39 is 11.3 Å². The van der Waals surface area contributed by atoms with Gasteiger partial charge in [-0.2, -0.15) is 4.98 Å². The molecule has 180 valence electrons. The van der Waals surface area contributed by atoms with Crippen LogP contribution in [0.5, 0.6) is 5.75 Å². The SMILES string of the molecule is CN(C)CCNc1nc(NCc2ccccc2[N+](=O)[O-])cc(-c2cccc(OC(F)(F)F)c2)n1. The van der Waals surface area contributed by atoms with Crippen LogP contribution < -0.4 is 15.4 Å². The van der Waals surface area contributed by atoms with Crippen LogP contribution in [0.25, 0.3) is 11.3 Å². The molecule has 3 aromatic rings. The van der Waals surface area contributed by atoms with Crippen LogP contribution in [0.3, 0.4) is 0 Å². The van der Waals surface area contributed by atoms with Crippen molar-refractivity contribution in [2.45, 2.75) is 12.9 Å². The lowest BCUT2D eigenvalue weighted by Crippen LogP contribution is -2.21. The number of nitrogens with one attached hydrogen (secondary N) is 2. The summed E-state index contributed by atoms with van der Waals surface area (Å²) in [5.74, 6) is 0.226. The number of aromatic nitrogens is 2. The van der Waals surface area contributed by atoms with E-state index in [9.17, 15) is 23.3 Å². The van der Waals surface area contributed by atoms with E-state index in [1.165, 1.54) is 24.3 Å². The highest BCUT2D eigenvalue weighted by Gasteiger charge is 2.31. The highest BCUT2D eigenvalue weighted by molar-refractivity contribution is 5.66. The third-order valence-corrected chi connectivity index (χ3v) is 4.58. The summed E-state index contributed by atoms with van der Waals surface area (Å²) in [6, 6.07) is 13.3. The van der Waals surface area contributed by atoms with E-state index in [4.69, 9.17) is 0 Å². The van der Waals surface area contributed by atoms with Crippen molar-refractivity contribution in [1.29, 1.82) is 0 Å². The van der Waals surface area contributed by atoms with Gasteiger partial charge in [0.05, 0.1) is 10.6 Å². The first kappa shape index (κ1) is 24.7. The van der Waals surface area contributed by atoms with Crippen LogP contribution in [0.1, 0.15) is 5.56 Å². The molecule has 9 nitrogen and oxygen atoms in total. The number of alkyl halides is 3. The lowest BCUT2D eigenvalue weighted by atomic mass is 10.1. The fourth-order valence-electron chi connectivity index (χ4n) is 3.03. The fourth-order valence-corrected chi connectivity index (χ4v) is 3.03. The van der Waals surface area contributed by atoms with Crippen LogP contribution >= 0.6 is 0 Å². The third-order valence-electron chi connectivity index (χ3n) is 4.58. The molecule has 3 rings (SSSR count). The molecule has 0 saturated carbocycles. The number of halogens is 3. The molecule has 0 amide bonds. The van der Waals surface area contributed by atoms with E-state index in [-0.39, 0.29) is 23.9 Å².